The summed E-state index contributed by atoms with van der Waals surface area (Å²) in [5, 5.41) is 9.10. The van der Waals surface area contributed by atoms with Crippen molar-refractivity contribution in [2.45, 2.75) is 0 Å². The Hall–Kier alpha value is -2.56. The number of hydrogen-bond donors (Lipinski definition) is 3. The van der Waals surface area contributed by atoms with Gasteiger partial charge in [-0.15, -0.1) is 0 Å². The third-order valence-electron chi connectivity index (χ3n) is 2.20. The van der Waals surface area contributed by atoms with Crippen molar-refractivity contribution in [3.05, 3.63) is 62.4 Å². The zero-order valence-corrected chi connectivity index (χ0v) is 8.81. The van der Waals surface area contributed by atoms with Crippen LogP contribution in [0.2, 0.25) is 0 Å². The van der Waals surface area contributed by atoms with E-state index in [0.717, 1.165) is 5.56 Å². The van der Waals surface area contributed by atoms with Crippen LogP contribution in [0.3, 0.4) is 0 Å². The second kappa shape index (κ2) is 4.52. The van der Waals surface area contributed by atoms with Crippen LogP contribution in [-0.2, 0) is 0 Å². The number of aromatic hydroxyl groups is 1. The molecule has 0 atom stereocenters. The zero-order valence-electron chi connectivity index (χ0n) is 8.81. The molecule has 2 aromatic rings. The van der Waals surface area contributed by atoms with E-state index in [2.05, 4.69) is 9.97 Å². The maximum absolute atomic E-state index is 11.3. The molecule has 0 aliphatic carbocycles. The van der Waals surface area contributed by atoms with Gasteiger partial charge < -0.3 is 10.1 Å². The van der Waals surface area contributed by atoms with Crippen molar-refractivity contribution in [1.29, 1.82) is 0 Å². The first-order valence-corrected chi connectivity index (χ1v) is 4.94. The van der Waals surface area contributed by atoms with Crippen molar-refractivity contribution >= 4 is 12.2 Å². The maximum atomic E-state index is 11.3. The molecule has 1 aromatic carbocycles. The van der Waals surface area contributed by atoms with E-state index in [1.165, 1.54) is 6.20 Å². The SMILES string of the molecule is O=c1[nH]cc(/C=C/c2ccc(O)cc2)c(=O)[nH]1. The maximum Gasteiger partial charge on any atom is 0.325 e. The zero-order chi connectivity index (χ0) is 12.3. The molecule has 0 amide bonds. The van der Waals surface area contributed by atoms with Gasteiger partial charge in [-0.3, -0.25) is 9.78 Å². The molecule has 1 aromatic heterocycles. The smallest absolute Gasteiger partial charge is 0.325 e. The summed E-state index contributed by atoms with van der Waals surface area (Å²) in [5.74, 6) is 0.184. The highest BCUT2D eigenvalue weighted by Gasteiger charge is 1.95. The highest BCUT2D eigenvalue weighted by Crippen LogP contribution is 2.11. The highest BCUT2D eigenvalue weighted by atomic mass is 16.3. The fraction of sp³-hybridized carbons (Fsp3) is 0. The van der Waals surface area contributed by atoms with Crippen LogP contribution in [0.1, 0.15) is 11.1 Å². The summed E-state index contributed by atoms with van der Waals surface area (Å²) < 4.78 is 0. The van der Waals surface area contributed by atoms with Gasteiger partial charge in [0, 0.05) is 6.20 Å². The minimum atomic E-state index is -0.531. The number of hydrogen-bond acceptors (Lipinski definition) is 3. The number of aromatic nitrogens is 2. The molecule has 0 fully saturated rings. The normalized spacial score (nSPS) is 10.8. The Bertz CT molecular complexity index is 650. The first kappa shape index (κ1) is 10.9. The molecular formula is C12H10N2O3. The van der Waals surface area contributed by atoms with Crippen LogP contribution in [0.25, 0.3) is 12.2 Å². The molecule has 5 heteroatoms. The molecule has 0 unspecified atom stereocenters. The number of aromatic amines is 2. The molecule has 2 rings (SSSR count). The van der Waals surface area contributed by atoms with Crippen LogP contribution < -0.4 is 11.2 Å². The predicted molar refractivity (Wildman–Crippen MR) is 64.7 cm³/mol. The molecule has 0 aliphatic rings. The average Bonchev–Trinajstić information content (AvgIpc) is 2.30. The van der Waals surface area contributed by atoms with E-state index in [1.54, 1.807) is 36.4 Å². The van der Waals surface area contributed by atoms with Crippen LogP contribution in [0, 0.1) is 0 Å². The molecule has 0 bridgehead atoms. The molecule has 0 saturated carbocycles. The van der Waals surface area contributed by atoms with Crippen molar-refractivity contribution in [3.8, 4) is 5.75 Å². The molecule has 0 aliphatic heterocycles. The number of rotatable bonds is 2. The van der Waals surface area contributed by atoms with Gasteiger partial charge in [0.15, 0.2) is 0 Å². The van der Waals surface area contributed by atoms with E-state index < -0.39 is 11.2 Å². The Kier molecular flexibility index (Phi) is 2.91. The van der Waals surface area contributed by atoms with Crippen molar-refractivity contribution < 1.29 is 5.11 Å². The summed E-state index contributed by atoms with van der Waals surface area (Å²) in [6, 6.07) is 6.53. The molecule has 0 radical (unpaired) electrons. The van der Waals surface area contributed by atoms with Crippen LogP contribution >= 0.6 is 0 Å². The summed E-state index contributed by atoms with van der Waals surface area (Å²) in [6.45, 7) is 0. The Morgan fingerprint density at radius 3 is 2.41 bits per heavy atom. The first-order chi connectivity index (χ1) is 8.15. The largest absolute Gasteiger partial charge is 0.508 e. The lowest BCUT2D eigenvalue weighted by atomic mass is 10.2. The van der Waals surface area contributed by atoms with Gasteiger partial charge in [0.2, 0.25) is 0 Å². The summed E-state index contributed by atoms with van der Waals surface area (Å²) in [7, 11) is 0. The topological polar surface area (TPSA) is 85.9 Å². The van der Waals surface area contributed by atoms with Crippen LogP contribution in [0.4, 0.5) is 0 Å². The van der Waals surface area contributed by atoms with Gasteiger partial charge >= 0.3 is 5.69 Å². The number of benzene rings is 1. The van der Waals surface area contributed by atoms with Gasteiger partial charge in [0.25, 0.3) is 5.56 Å². The summed E-state index contributed by atoms with van der Waals surface area (Å²) in [4.78, 5) is 26.6. The van der Waals surface area contributed by atoms with Gasteiger partial charge in [0.1, 0.15) is 5.75 Å². The van der Waals surface area contributed by atoms with E-state index in [4.69, 9.17) is 5.11 Å². The van der Waals surface area contributed by atoms with E-state index in [0.29, 0.717) is 5.56 Å². The highest BCUT2D eigenvalue weighted by molar-refractivity contribution is 5.68. The third kappa shape index (κ3) is 2.72. The molecular weight excluding hydrogens is 220 g/mol. The van der Waals surface area contributed by atoms with Crippen LogP contribution in [0.15, 0.2) is 40.1 Å². The van der Waals surface area contributed by atoms with Crippen molar-refractivity contribution in [2.24, 2.45) is 0 Å². The minimum Gasteiger partial charge on any atom is -0.508 e. The lowest BCUT2D eigenvalue weighted by Crippen LogP contribution is -2.22. The van der Waals surface area contributed by atoms with Gasteiger partial charge in [-0.2, -0.15) is 0 Å². The van der Waals surface area contributed by atoms with E-state index >= 15 is 0 Å². The molecule has 17 heavy (non-hydrogen) atoms. The fourth-order valence-corrected chi connectivity index (χ4v) is 1.32. The Morgan fingerprint density at radius 1 is 1.06 bits per heavy atom. The fourth-order valence-electron chi connectivity index (χ4n) is 1.32. The summed E-state index contributed by atoms with van der Waals surface area (Å²) >= 11 is 0. The van der Waals surface area contributed by atoms with Crippen molar-refractivity contribution in [2.75, 3.05) is 0 Å². The predicted octanol–water partition coefficient (Wildman–Crippen LogP) is 0.939. The van der Waals surface area contributed by atoms with Crippen LogP contribution in [0.5, 0.6) is 5.75 Å². The standard InChI is InChI=1S/C12H10N2O3/c15-10-5-2-8(3-6-10)1-4-9-7-13-12(17)14-11(9)16/h1-7,15H,(H2,13,14,16,17)/b4-1+. The van der Waals surface area contributed by atoms with Crippen molar-refractivity contribution in [3.63, 3.8) is 0 Å². The first-order valence-electron chi connectivity index (χ1n) is 4.94. The Morgan fingerprint density at radius 2 is 1.76 bits per heavy atom. The molecule has 3 N–H and O–H groups in total. The number of phenolic OH excluding ortho intramolecular Hbond substituents is 1. The summed E-state index contributed by atoms with van der Waals surface area (Å²) in [5.41, 5.74) is 0.228. The van der Waals surface area contributed by atoms with Gasteiger partial charge in [0.05, 0.1) is 5.56 Å². The van der Waals surface area contributed by atoms with Gasteiger partial charge in [-0.1, -0.05) is 18.2 Å². The number of nitrogens with one attached hydrogen (secondary N) is 2. The van der Waals surface area contributed by atoms with Gasteiger partial charge in [-0.05, 0) is 23.8 Å². The average molecular weight is 230 g/mol. The van der Waals surface area contributed by atoms with E-state index in [-0.39, 0.29) is 5.75 Å². The quantitative estimate of drug-likeness (QED) is 0.717. The van der Waals surface area contributed by atoms with E-state index in [1.807, 2.05) is 0 Å². The van der Waals surface area contributed by atoms with Crippen LogP contribution in [-0.4, -0.2) is 15.1 Å². The molecule has 0 saturated heterocycles. The van der Waals surface area contributed by atoms with Gasteiger partial charge in [-0.25, -0.2) is 4.79 Å². The molecule has 1 heterocycles. The number of H-pyrrole nitrogens is 2. The lowest BCUT2D eigenvalue weighted by Gasteiger charge is -1.94. The second-order valence-corrected chi connectivity index (χ2v) is 3.45. The number of phenols is 1. The Balaban J connectivity index is 2.29. The lowest BCUT2D eigenvalue weighted by molar-refractivity contribution is 0.475. The molecule has 5 nitrogen and oxygen atoms in total. The third-order valence-corrected chi connectivity index (χ3v) is 2.20. The van der Waals surface area contributed by atoms with Crippen molar-refractivity contribution in [1.82, 2.24) is 9.97 Å². The minimum absolute atomic E-state index is 0.184. The molecule has 0 spiro atoms. The second-order valence-electron chi connectivity index (χ2n) is 3.45. The van der Waals surface area contributed by atoms with E-state index in [9.17, 15) is 9.59 Å². The summed E-state index contributed by atoms with van der Waals surface area (Å²) in [6.07, 6.45) is 4.64. The monoisotopic (exact) mass is 230 g/mol. The Labute approximate surface area is 96.1 Å². The molecule has 86 valence electrons.